The second-order valence-electron chi connectivity index (χ2n) is 6.53. The molecule has 138 valence electrons. The fourth-order valence-electron chi connectivity index (χ4n) is 2.76. The highest BCUT2D eigenvalue weighted by Gasteiger charge is 2.44. The quantitative estimate of drug-likeness (QED) is 0.755. The third kappa shape index (κ3) is 4.18. The molecule has 1 aromatic rings. The molecule has 0 bridgehead atoms. The summed E-state index contributed by atoms with van der Waals surface area (Å²) in [4.78, 5) is 36.0. The first-order valence-corrected chi connectivity index (χ1v) is 9.08. The number of nitriles is 2. The van der Waals surface area contributed by atoms with E-state index in [4.69, 9.17) is 0 Å². The number of rotatable bonds is 5. The van der Waals surface area contributed by atoms with Crippen molar-refractivity contribution in [2.75, 3.05) is 11.1 Å². The molecule has 0 spiro atoms. The molecule has 0 aromatic heterocycles. The fourth-order valence-corrected chi connectivity index (χ4v) is 3.73. The van der Waals surface area contributed by atoms with E-state index in [2.05, 4.69) is 10.6 Å². The van der Waals surface area contributed by atoms with E-state index in [-0.39, 0.29) is 28.0 Å². The van der Waals surface area contributed by atoms with Crippen molar-refractivity contribution in [2.24, 2.45) is 11.3 Å². The minimum atomic E-state index is -0.979. The number of benzene rings is 1. The van der Waals surface area contributed by atoms with Crippen molar-refractivity contribution < 1.29 is 14.4 Å². The normalized spacial score (nSPS) is 18.1. The van der Waals surface area contributed by atoms with Crippen LogP contribution in [0.15, 0.2) is 34.9 Å². The molecule has 7 nitrogen and oxygen atoms in total. The zero-order valence-electron chi connectivity index (χ0n) is 15.1. The molecule has 1 aliphatic rings. The highest BCUT2D eigenvalue weighted by atomic mass is 32.2. The monoisotopic (exact) mass is 382 g/mol. The van der Waals surface area contributed by atoms with Crippen LogP contribution in [0.4, 0.5) is 5.69 Å². The highest BCUT2D eigenvalue weighted by molar-refractivity contribution is 8.03. The lowest BCUT2D eigenvalue weighted by Gasteiger charge is -2.34. The van der Waals surface area contributed by atoms with Gasteiger partial charge in [0.25, 0.3) is 0 Å². The van der Waals surface area contributed by atoms with E-state index in [1.165, 1.54) is 6.92 Å². The van der Waals surface area contributed by atoms with E-state index in [9.17, 15) is 24.9 Å². The molecule has 1 atom stereocenters. The topological polar surface area (TPSA) is 123 Å². The van der Waals surface area contributed by atoms with Gasteiger partial charge in [0.2, 0.25) is 11.8 Å². The lowest BCUT2D eigenvalue weighted by Crippen LogP contribution is -2.44. The average Bonchev–Trinajstić information content (AvgIpc) is 2.59. The van der Waals surface area contributed by atoms with Gasteiger partial charge in [0.15, 0.2) is 5.78 Å². The van der Waals surface area contributed by atoms with Gasteiger partial charge in [0.1, 0.15) is 5.92 Å². The fraction of sp³-hybridized carbons (Fsp3) is 0.316. The molecule has 1 heterocycles. The smallest absolute Gasteiger partial charge is 0.243 e. The summed E-state index contributed by atoms with van der Waals surface area (Å²) in [6.45, 7) is 4.72. The van der Waals surface area contributed by atoms with Crippen LogP contribution in [0.3, 0.4) is 0 Å². The van der Waals surface area contributed by atoms with Crippen molar-refractivity contribution in [3.8, 4) is 12.1 Å². The number of amides is 2. The number of anilines is 1. The zero-order valence-corrected chi connectivity index (χ0v) is 15.9. The largest absolute Gasteiger partial charge is 0.325 e. The Kier molecular flexibility index (Phi) is 6.04. The van der Waals surface area contributed by atoms with Gasteiger partial charge in [-0.2, -0.15) is 10.5 Å². The van der Waals surface area contributed by atoms with Crippen LogP contribution in [-0.2, 0) is 9.59 Å². The van der Waals surface area contributed by atoms with Gasteiger partial charge in [-0.15, -0.1) is 0 Å². The van der Waals surface area contributed by atoms with E-state index in [1.54, 1.807) is 38.1 Å². The Bertz CT molecular complexity index is 922. The van der Waals surface area contributed by atoms with Crippen molar-refractivity contribution in [3.63, 3.8) is 0 Å². The molecule has 0 aliphatic carbocycles. The molecule has 0 saturated carbocycles. The summed E-state index contributed by atoms with van der Waals surface area (Å²) < 4.78 is 0. The molecule has 2 N–H and O–H groups in total. The van der Waals surface area contributed by atoms with Crippen LogP contribution in [0.25, 0.3) is 0 Å². The number of nitrogens with zero attached hydrogens (tertiary/aromatic N) is 2. The third-order valence-electron chi connectivity index (χ3n) is 4.26. The number of nitrogens with one attached hydrogen (secondary N) is 2. The molecule has 2 amide bonds. The summed E-state index contributed by atoms with van der Waals surface area (Å²) in [7, 11) is 0. The molecule has 0 saturated heterocycles. The van der Waals surface area contributed by atoms with Crippen LogP contribution in [0.5, 0.6) is 0 Å². The van der Waals surface area contributed by atoms with E-state index in [0.29, 0.717) is 11.3 Å². The number of carbonyl (C=O) groups is 3. The Morgan fingerprint density at radius 2 is 1.96 bits per heavy atom. The van der Waals surface area contributed by atoms with Crippen molar-refractivity contribution in [1.29, 1.82) is 10.5 Å². The van der Waals surface area contributed by atoms with Gasteiger partial charge < -0.3 is 10.6 Å². The van der Waals surface area contributed by atoms with Gasteiger partial charge in [-0.25, -0.2) is 0 Å². The van der Waals surface area contributed by atoms with Crippen LogP contribution in [0, 0.1) is 34.0 Å². The van der Waals surface area contributed by atoms with Gasteiger partial charge in [-0.3, -0.25) is 14.4 Å². The van der Waals surface area contributed by atoms with Crippen molar-refractivity contribution in [3.05, 3.63) is 40.4 Å². The number of Topliss-reactive ketones (excluding diaryl/α,β-unsaturated/α-hetero) is 1. The number of thioether (sulfide) groups is 1. The van der Waals surface area contributed by atoms with Crippen LogP contribution in [0.2, 0.25) is 0 Å². The van der Waals surface area contributed by atoms with Gasteiger partial charge >= 0.3 is 0 Å². The third-order valence-corrected chi connectivity index (χ3v) is 5.26. The Balaban J connectivity index is 2.16. The molecular weight excluding hydrogens is 364 g/mol. The minimum absolute atomic E-state index is 0.0691. The number of hydrogen-bond donors (Lipinski definition) is 2. The zero-order chi connectivity index (χ0) is 20.2. The lowest BCUT2D eigenvalue weighted by atomic mass is 9.72. The van der Waals surface area contributed by atoms with Crippen molar-refractivity contribution in [2.45, 2.75) is 20.8 Å². The SMILES string of the molecule is CC(=O)c1ccccc1NC(=O)CSC1=C(C#N)C(C)(C)[C@@H](C#N)C(=O)N1. The Morgan fingerprint density at radius 3 is 2.56 bits per heavy atom. The molecule has 2 rings (SSSR count). The predicted octanol–water partition coefficient (Wildman–Crippen LogP) is 2.59. The second-order valence-corrected chi connectivity index (χ2v) is 7.51. The van der Waals surface area contributed by atoms with Crippen LogP contribution < -0.4 is 10.6 Å². The van der Waals surface area contributed by atoms with Gasteiger partial charge in [-0.05, 0) is 19.1 Å². The molecule has 0 unspecified atom stereocenters. The van der Waals surface area contributed by atoms with Gasteiger partial charge in [-0.1, -0.05) is 37.7 Å². The first-order valence-electron chi connectivity index (χ1n) is 8.10. The van der Waals surface area contributed by atoms with Gasteiger partial charge in [0.05, 0.1) is 34.2 Å². The molecule has 0 fully saturated rings. The molecule has 0 radical (unpaired) electrons. The lowest BCUT2D eigenvalue weighted by molar-refractivity contribution is -0.125. The number of allylic oxidation sites excluding steroid dienone is 1. The summed E-state index contributed by atoms with van der Waals surface area (Å²) in [6, 6.07) is 10.6. The summed E-state index contributed by atoms with van der Waals surface area (Å²) >= 11 is 1.01. The van der Waals surface area contributed by atoms with E-state index < -0.39 is 17.2 Å². The van der Waals surface area contributed by atoms with E-state index in [1.807, 2.05) is 12.1 Å². The Morgan fingerprint density at radius 1 is 1.30 bits per heavy atom. The molecule has 1 aromatic carbocycles. The summed E-state index contributed by atoms with van der Waals surface area (Å²) in [5.74, 6) is -2.09. The first-order chi connectivity index (χ1) is 12.7. The van der Waals surface area contributed by atoms with Crippen LogP contribution in [-0.4, -0.2) is 23.4 Å². The first kappa shape index (κ1) is 20.2. The molecule has 27 heavy (non-hydrogen) atoms. The Labute approximate surface area is 161 Å². The minimum Gasteiger partial charge on any atom is -0.325 e. The number of hydrogen-bond acceptors (Lipinski definition) is 6. The standard InChI is InChI=1S/C19H18N4O3S/c1-11(24)12-6-4-5-7-15(12)22-16(25)10-27-18-14(9-21)19(2,3)13(8-20)17(26)23-18/h4-7,13H,10H2,1-3H3,(H,22,25)(H,23,26)/t13-/m0/s1. The van der Waals surface area contributed by atoms with Crippen LogP contribution >= 0.6 is 11.8 Å². The number of para-hydroxylation sites is 1. The predicted molar refractivity (Wildman–Crippen MR) is 101 cm³/mol. The molecular formula is C19H18N4O3S. The maximum absolute atomic E-state index is 12.3. The van der Waals surface area contributed by atoms with Crippen molar-refractivity contribution >= 4 is 35.0 Å². The van der Waals surface area contributed by atoms with Gasteiger partial charge in [0, 0.05) is 11.0 Å². The van der Waals surface area contributed by atoms with E-state index >= 15 is 0 Å². The maximum atomic E-state index is 12.3. The van der Waals surface area contributed by atoms with Crippen molar-refractivity contribution in [1.82, 2.24) is 5.32 Å². The summed E-state index contributed by atoms with van der Waals surface area (Å²) in [5.41, 5.74) is 0.112. The molecule has 8 heteroatoms. The summed E-state index contributed by atoms with van der Waals surface area (Å²) in [6.07, 6.45) is 0. The van der Waals surface area contributed by atoms with E-state index in [0.717, 1.165) is 11.8 Å². The number of ketones is 1. The maximum Gasteiger partial charge on any atom is 0.243 e. The summed E-state index contributed by atoms with van der Waals surface area (Å²) in [5, 5.41) is 24.2. The molecule has 1 aliphatic heterocycles. The Hall–Kier alpha value is -3.10. The second kappa shape index (κ2) is 8.07. The highest BCUT2D eigenvalue weighted by Crippen LogP contribution is 2.41. The van der Waals surface area contributed by atoms with Crippen LogP contribution in [0.1, 0.15) is 31.1 Å². The average molecular weight is 382 g/mol. The number of carbonyl (C=O) groups excluding carboxylic acids is 3.